The number of hydrogen-bond donors (Lipinski definition) is 1. The summed E-state index contributed by atoms with van der Waals surface area (Å²) >= 11 is 5.08. The highest BCUT2D eigenvalue weighted by Crippen LogP contribution is 2.29. The summed E-state index contributed by atoms with van der Waals surface area (Å²) in [5, 5.41) is 8.76. The number of hydrogen-bond acceptors (Lipinski definition) is 4. The quantitative estimate of drug-likeness (QED) is 0.944. The van der Waals surface area contributed by atoms with Crippen LogP contribution in [0, 0.1) is 0 Å². The summed E-state index contributed by atoms with van der Waals surface area (Å²) in [5.74, 6) is 0.788. The van der Waals surface area contributed by atoms with Crippen molar-refractivity contribution in [3.05, 3.63) is 34.0 Å². The lowest BCUT2D eigenvalue weighted by Crippen LogP contribution is -1.97. The third-order valence-corrected chi connectivity index (χ3v) is 3.74. The molecule has 2 rings (SSSR count). The van der Waals surface area contributed by atoms with Crippen molar-refractivity contribution in [2.75, 3.05) is 6.61 Å². The van der Waals surface area contributed by atoms with Crippen LogP contribution in [0.15, 0.2) is 28.2 Å². The Morgan fingerprint density at radius 1 is 1.31 bits per heavy atom. The average Bonchev–Trinajstić information content (AvgIpc) is 2.74. The Bertz CT molecular complexity index is 473. The molecule has 0 saturated carbocycles. The van der Waals surface area contributed by atoms with E-state index in [1.165, 1.54) is 0 Å². The standard InChI is InChI=1S/C11H11BrN2OS/c12-10-4-3-9(16-10)8-5-6-13-11(14-8)2-1-7-15/h3-6,15H,1-2,7H2. The molecule has 0 amide bonds. The zero-order valence-electron chi connectivity index (χ0n) is 8.56. The van der Waals surface area contributed by atoms with Gasteiger partial charge in [0, 0.05) is 19.2 Å². The molecule has 16 heavy (non-hydrogen) atoms. The second-order valence-electron chi connectivity index (χ2n) is 3.29. The zero-order valence-corrected chi connectivity index (χ0v) is 11.0. The van der Waals surface area contributed by atoms with Gasteiger partial charge in [-0.25, -0.2) is 9.97 Å². The van der Waals surface area contributed by atoms with Gasteiger partial charge in [0.25, 0.3) is 0 Å². The Kier molecular flexibility index (Phi) is 4.04. The molecule has 0 aliphatic heterocycles. The van der Waals surface area contributed by atoms with Crippen molar-refractivity contribution in [3.63, 3.8) is 0 Å². The van der Waals surface area contributed by atoms with Crippen LogP contribution in [0.1, 0.15) is 12.2 Å². The third-order valence-electron chi connectivity index (χ3n) is 2.09. The van der Waals surface area contributed by atoms with Crippen molar-refractivity contribution in [2.45, 2.75) is 12.8 Å². The Balaban J connectivity index is 2.22. The fourth-order valence-corrected chi connectivity index (χ4v) is 2.70. The number of aromatic nitrogens is 2. The van der Waals surface area contributed by atoms with E-state index < -0.39 is 0 Å². The first kappa shape index (κ1) is 11.7. The van der Waals surface area contributed by atoms with E-state index in [9.17, 15) is 0 Å². The van der Waals surface area contributed by atoms with Crippen molar-refractivity contribution < 1.29 is 5.11 Å². The molecule has 84 valence electrons. The van der Waals surface area contributed by atoms with Crippen LogP contribution >= 0.6 is 27.3 Å². The van der Waals surface area contributed by atoms with E-state index in [-0.39, 0.29) is 6.61 Å². The molecule has 2 aromatic heterocycles. The summed E-state index contributed by atoms with van der Waals surface area (Å²) in [4.78, 5) is 9.77. The average molecular weight is 299 g/mol. The van der Waals surface area contributed by atoms with Crippen molar-refractivity contribution in [3.8, 4) is 10.6 Å². The lowest BCUT2D eigenvalue weighted by Gasteiger charge is -2.00. The van der Waals surface area contributed by atoms with Gasteiger partial charge in [0.05, 0.1) is 14.4 Å². The van der Waals surface area contributed by atoms with Crippen LogP contribution in [-0.2, 0) is 6.42 Å². The van der Waals surface area contributed by atoms with E-state index in [2.05, 4.69) is 25.9 Å². The lowest BCUT2D eigenvalue weighted by atomic mass is 10.3. The molecule has 1 N–H and O–H groups in total. The molecule has 0 saturated heterocycles. The van der Waals surface area contributed by atoms with Crippen molar-refractivity contribution in [1.29, 1.82) is 0 Å². The first-order chi connectivity index (χ1) is 7.79. The molecule has 0 atom stereocenters. The van der Waals surface area contributed by atoms with Crippen LogP contribution in [0.5, 0.6) is 0 Å². The molecule has 2 aromatic rings. The fourth-order valence-electron chi connectivity index (χ4n) is 1.35. The number of nitrogens with zero attached hydrogens (tertiary/aromatic N) is 2. The number of rotatable bonds is 4. The predicted molar refractivity (Wildman–Crippen MR) is 68.5 cm³/mol. The third kappa shape index (κ3) is 2.87. The van der Waals surface area contributed by atoms with Gasteiger partial charge >= 0.3 is 0 Å². The fraction of sp³-hybridized carbons (Fsp3) is 0.273. The minimum atomic E-state index is 0.179. The second kappa shape index (κ2) is 5.52. The number of aryl methyl sites for hydroxylation is 1. The molecule has 3 nitrogen and oxygen atoms in total. The highest BCUT2D eigenvalue weighted by molar-refractivity contribution is 9.11. The van der Waals surface area contributed by atoms with Gasteiger partial charge in [-0.15, -0.1) is 11.3 Å². The van der Waals surface area contributed by atoms with Gasteiger partial charge in [-0.3, -0.25) is 0 Å². The summed E-state index contributed by atoms with van der Waals surface area (Å²) in [6.07, 6.45) is 3.19. The Hall–Kier alpha value is -0.780. The van der Waals surface area contributed by atoms with Gasteiger partial charge in [-0.1, -0.05) is 0 Å². The van der Waals surface area contributed by atoms with Crippen LogP contribution in [0.25, 0.3) is 10.6 Å². The van der Waals surface area contributed by atoms with Crippen LogP contribution in [-0.4, -0.2) is 21.7 Å². The topological polar surface area (TPSA) is 46.0 Å². The van der Waals surface area contributed by atoms with E-state index >= 15 is 0 Å². The summed E-state index contributed by atoms with van der Waals surface area (Å²) in [7, 11) is 0. The van der Waals surface area contributed by atoms with Crippen LogP contribution in [0.4, 0.5) is 0 Å². The van der Waals surface area contributed by atoms with Crippen LogP contribution < -0.4 is 0 Å². The largest absolute Gasteiger partial charge is 0.396 e. The molecule has 0 bridgehead atoms. The van der Waals surface area contributed by atoms with E-state index in [4.69, 9.17) is 5.11 Å². The first-order valence-electron chi connectivity index (χ1n) is 4.98. The molecule has 0 radical (unpaired) electrons. The van der Waals surface area contributed by atoms with Crippen molar-refractivity contribution in [2.24, 2.45) is 0 Å². The van der Waals surface area contributed by atoms with Gasteiger partial charge in [-0.2, -0.15) is 0 Å². The second-order valence-corrected chi connectivity index (χ2v) is 5.75. The maximum atomic E-state index is 8.76. The van der Waals surface area contributed by atoms with E-state index in [1.807, 2.05) is 18.2 Å². The van der Waals surface area contributed by atoms with Crippen molar-refractivity contribution in [1.82, 2.24) is 9.97 Å². The molecule has 0 aliphatic rings. The number of aliphatic hydroxyl groups is 1. The SMILES string of the molecule is OCCCc1nccc(-c2ccc(Br)s2)n1. The number of thiophene rings is 1. The molecule has 0 spiro atoms. The summed E-state index contributed by atoms with van der Waals surface area (Å²) in [5.41, 5.74) is 0.943. The normalized spacial score (nSPS) is 10.6. The van der Waals surface area contributed by atoms with E-state index in [1.54, 1.807) is 17.5 Å². The zero-order chi connectivity index (χ0) is 11.4. The number of halogens is 1. The van der Waals surface area contributed by atoms with Gasteiger partial charge in [0.2, 0.25) is 0 Å². The van der Waals surface area contributed by atoms with Gasteiger partial charge in [-0.05, 0) is 40.5 Å². The Labute approximate surface area is 106 Å². The predicted octanol–water partition coefficient (Wildman–Crippen LogP) is 2.89. The van der Waals surface area contributed by atoms with Gasteiger partial charge in [0.1, 0.15) is 5.82 Å². The van der Waals surface area contributed by atoms with Gasteiger partial charge in [0.15, 0.2) is 0 Å². The molecule has 0 aliphatic carbocycles. The maximum Gasteiger partial charge on any atom is 0.129 e. The lowest BCUT2D eigenvalue weighted by molar-refractivity contribution is 0.287. The van der Waals surface area contributed by atoms with E-state index in [0.717, 1.165) is 26.6 Å². The number of aliphatic hydroxyl groups excluding tert-OH is 1. The Morgan fingerprint density at radius 3 is 2.88 bits per heavy atom. The molecular weight excluding hydrogens is 288 g/mol. The smallest absolute Gasteiger partial charge is 0.129 e. The van der Waals surface area contributed by atoms with Crippen LogP contribution in [0.3, 0.4) is 0 Å². The maximum absolute atomic E-state index is 8.76. The van der Waals surface area contributed by atoms with Gasteiger partial charge < -0.3 is 5.11 Å². The summed E-state index contributed by atoms with van der Waals surface area (Å²) in [6, 6.07) is 5.95. The minimum Gasteiger partial charge on any atom is -0.396 e. The molecule has 0 fully saturated rings. The molecule has 2 heterocycles. The van der Waals surface area contributed by atoms with Crippen LogP contribution in [0.2, 0.25) is 0 Å². The summed E-state index contributed by atoms with van der Waals surface area (Å²) < 4.78 is 1.10. The van der Waals surface area contributed by atoms with Crippen molar-refractivity contribution >= 4 is 27.3 Å². The van der Waals surface area contributed by atoms with E-state index in [0.29, 0.717) is 6.42 Å². The highest BCUT2D eigenvalue weighted by Gasteiger charge is 2.04. The Morgan fingerprint density at radius 2 is 2.19 bits per heavy atom. The monoisotopic (exact) mass is 298 g/mol. The molecular formula is C11H11BrN2OS. The highest BCUT2D eigenvalue weighted by atomic mass is 79.9. The molecule has 5 heteroatoms. The molecule has 0 aromatic carbocycles. The first-order valence-corrected chi connectivity index (χ1v) is 6.59. The minimum absolute atomic E-state index is 0.179. The summed E-state index contributed by atoms with van der Waals surface area (Å²) in [6.45, 7) is 0.179. The molecule has 0 unspecified atom stereocenters.